The summed E-state index contributed by atoms with van der Waals surface area (Å²) in [6.07, 6.45) is 1.36. The molecule has 0 aliphatic heterocycles. The van der Waals surface area contributed by atoms with Gasteiger partial charge in [-0.05, 0) is 20.2 Å². The zero-order chi connectivity index (χ0) is 13.1. The predicted molar refractivity (Wildman–Crippen MR) is 64.0 cm³/mol. The average Bonchev–Trinajstić information content (AvgIpc) is 2.71. The van der Waals surface area contributed by atoms with Crippen LogP contribution in [0.4, 0.5) is 0 Å². The maximum atomic E-state index is 10.8. The largest absolute Gasteiger partial charge is 0.476 e. The molecule has 0 fully saturated rings. The third kappa shape index (κ3) is 2.75. The Kier molecular flexibility index (Phi) is 3.42. The van der Waals surface area contributed by atoms with Crippen molar-refractivity contribution in [1.29, 1.82) is 0 Å². The second-order valence-corrected chi connectivity index (χ2v) is 4.06. The van der Waals surface area contributed by atoms with Crippen LogP contribution >= 0.6 is 0 Å². The smallest absolute Gasteiger partial charge is 0.356 e. The van der Waals surface area contributed by atoms with Gasteiger partial charge in [0.05, 0.1) is 6.20 Å². The average molecular weight is 250 g/mol. The lowest BCUT2D eigenvalue weighted by atomic mass is 10.5. The molecule has 0 aliphatic rings. The van der Waals surface area contributed by atoms with Crippen molar-refractivity contribution in [2.45, 2.75) is 0 Å². The van der Waals surface area contributed by atoms with Crippen molar-refractivity contribution in [3.8, 4) is 5.88 Å². The van der Waals surface area contributed by atoms with Crippen LogP contribution < -0.4 is 4.74 Å². The quantitative estimate of drug-likeness (QED) is 0.825. The number of hydrogen-bond donors (Lipinski definition) is 1. The number of likely N-dealkylation sites (N-methyl/N-ethyl adjacent to an activating group) is 1. The van der Waals surface area contributed by atoms with Gasteiger partial charge in [0.25, 0.3) is 0 Å². The van der Waals surface area contributed by atoms with Crippen molar-refractivity contribution in [1.82, 2.24) is 19.5 Å². The van der Waals surface area contributed by atoms with Crippen molar-refractivity contribution in [2.24, 2.45) is 0 Å². The molecule has 18 heavy (non-hydrogen) atoms. The van der Waals surface area contributed by atoms with Crippen LogP contribution in [0.25, 0.3) is 5.65 Å². The number of carbonyl (C=O) groups is 1. The molecular weight excluding hydrogens is 236 g/mol. The highest BCUT2D eigenvalue weighted by Crippen LogP contribution is 2.09. The van der Waals surface area contributed by atoms with Gasteiger partial charge in [-0.1, -0.05) is 0 Å². The fraction of sp³-hybridized carbons (Fsp3) is 0.364. The number of carboxylic acids is 1. The Labute approximate surface area is 104 Å². The number of aromatic nitrogens is 3. The highest BCUT2D eigenvalue weighted by Gasteiger charge is 2.09. The maximum absolute atomic E-state index is 10.8. The molecule has 7 heteroatoms. The first-order valence-electron chi connectivity index (χ1n) is 5.43. The third-order valence-corrected chi connectivity index (χ3v) is 2.30. The minimum atomic E-state index is -1.07. The van der Waals surface area contributed by atoms with E-state index < -0.39 is 5.97 Å². The predicted octanol–water partition coefficient (Wildman–Crippen LogP) is 0.368. The number of fused-ring (bicyclic) bond motifs is 1. The van der Waals surface area contributed by atoms with Gasteiger partial charge >= 0.3 is 5.97 Å². The summed E-state index contributed by atoms with van der Waals surface area (Å²) in [5.74, 6) is -0.630. The Hall–Kier alpha value is -2.15. The van der Waals surface area contributed by atoms with E-state index in [0.29, 0.717) is 18.1 Å². The van der Waals surface area contributed by atoms with Crippen LogP contribution in [0.3, 0.4) is 0 Å². The van der Waals surface area contributed by atoms with Gasteiger partial charge in [0.2, 0.25) is 5.88 Å². The molecule has 0 saturated heterocycles. The first kappa shape index (κ1) is 12.3. The van der Waals surface area contributed by atoms with E-state index in [4.69, 9.17) is 9.84 Å². The zero-order valence-electron chi connectivity index (χ0n) is 10.2. The van der Waals surface area contributed by atoms with Crippen LogP contribution in [-0.2, 0) is 0 Å². The van der Waals surface area contributed by atoms with Gasteiger partial charge in [-0.2, -0.15) is 0 Å². The molecule has 2 aromatic rings. The first-order valence-corrected chi connectivity index (χ1v) is 5.43. The van der Waals surface area contributed by atoms with E-state index in [0.717, 1.165) is 6.54 Å². The normalized spacial score (nSPS) is 11.1. The molecule has 0 aromatic carbocycles. The van der Waals surface area contributed by atoms with Crippen LogP contribution in [0, 0.1) is 0 Å². The molecule has 0 aliphatic carbocycles. The number of aromatic carboxylic acids is 1. The Morgan fingerprint density at radius 2 is 2.28 bits per heavy atom. The lowest BCUT2D eigenvalue weighted by Gasteiger charge is -2.10. The number of nitrogens with zero attached hydrogens (tertiary/aromatic N) is 4. The van der Waals surface area contributed by atoms with Crippen LogP contribution in [0.15, 0.2) is 18.3 Å². The summed E-state index contributed by atoms with van der Waals surface area (Å²) < 4.78 is 6.84. The monoisotopic (exact) mass is 250 g/mol. The van der Waals surface area contributed by atoms with Crippen LogP contribution in [0.1, 0.15) is 10.5 Å². The summed E-state index contributed by atoms with van der Waals surface area (Å²) >= 11 is 0. The molecule has 0 atom stereocenters. The molecule has 0 saturated carbocycles. The molecule has 0 spiro atoms. The number of carboxylic acid groups (broad SMARTS) is 1. The number of imidazole rings is 1. The van der Waals surface area contributed by atoms with Crippen LogP contribution in [0.2, 0.25) is 0 Å². The van der Waals surface area contributed by atoms with E-state index in [1.165, 1.54) is 10.7 Å². The zero-order valence-corrected chi connectivity index (χ0v) is 10.2. The van der Waals surface area contributed by atoms with Gasteiger partial charge in [-0.15, -0.1) is 5.10 Å². The second kappa shape index (κ2) is 5.01. The first-order chi connectivity index (χ1) is 8.56. The Bertz CT molecular complexity index is 564. The lowest BCUT2D eigenvalue weighted by molar-refractivity contribution is 0.0691. The summed E-state index contributed by atoms with van der Waals surface area (Å²) in [7, 11) is 3.91. The summed E-state index contributed by atoms with van der Waals surface area (Å²) in [6, 6.07) is 3.34. The molecule has 0 amide bonds. The molecule has 2 rings (SSSR count). The molecule has 2 aromatic heterocycles. The number of hydrogen-bond acceptors (Lipinski definition) is 5. The summed E-state index contributed by atoms with van der Waals surface area (Å²) in [5.41, 5.74) is 0.445. The standard InChI is InChI=1S/C11H14N4O3/c1-14(2)5-6-18-10-4-3-9-12-8(11(16)17)7-15(9)13-10/h3-4,7H,5-6H2,1-2H3,(H,16,17). The summed E-state index contributed by atoms with van der Waals surface area (Å²) in [6.45, 7) is 1.30. The minimum Gasteiger partial charge on any atom is -0.476 e. The molecule has 2 heterocycles. The number of rotatable bonds is 5. The number of ether oxygens (including phenoxy) is 1. The van der Waals surface area contributed by atoms with Gasteiger partial charge in [-0.25, -0.2) is 14.3 Å². The highest BCUT2D eigenvalue weighted by atomic mass is 16.5. The molecule has 96 valence electrons. The van der Waals surface area contributed by atoms with Gasteiger partial charge in [0.15, 0.2) is 11.3 Å². The van der Waals surface area contributed by atoms with Crippen molar-refractivity contribution in [3.05, 3.63) is 24.0 Å². The molecule has 7 nitrogen and oxygen atoms in total. The molecule has 0 unspecified atom stereocenters. The second-order valence-electron chi connectivity index (χ2n) is 4.06. The van der Waals surface area contributed by atoms with E-state index in [1.807, 2.05) is 19.0 Å². The maximum Gasteiger partial charge on any atom is 0.356 e. The van der Waals surface area contributed by atoms with Gasteiger partial charge in [-0.3, -0.25) is 0 Å². The SMILES string of the molecule is CN(C)CCOc1ccc2nc(C(=O)O)cn2n1. The van der Waals surface area contributed by atoms with Crippen molar-refractivity contribution < 1.29 is 14.6 Å². The van der Waals surface area contributed by atoms with Crippen molar-refractivity contribution >= 4 is 11.6 Å². The Morgan fingerprint density at radius 3 is 2.94 bits per heavy atom. The molecular formula is C11H14N4O3. The van der Waals surface area contributed by atoms with Gasteiger partial charge in [0.1, 0.15) is 6.61 Å². The summed E-state index contributed by atoms with van der Waals surface area (Å²) in [4.78, 5) is 16.7. The summed E-state index contributed by atoms with van der Waals surface area (Å²) in [5, 5.41) is 12.9. The van der Waals surface area contributed by atoms with Crippen molar-refractivity contribution in [2.75, 3.05) is 27.2 Å². The van der Waals surface area contributed by atoms with Crippen LogP contribution in [0.5, 0.6) is 5.88 Å². The van der Waals surface area contributed by atoms with E-state index in [-0.39, 0.29) is 5.69 Å². The third-order valence-electron chi connectivity index (χ3n) is 2.30. The fourth-order valence-electron chi connectivity index (χ4n) is 1.38. The lowest BCUT2D eigenvalue weighted by Crippen LogP contribution is -2.19. The van der Waals surface area contributed by atoms with E-state index in [9.17, 15) is 4.79 Å². The van der Waals surface area contributed by atoms with E-state index in [2.05, 4.69) is 10.1 Å². The Morgan fingerprint density at radius 1 is 1.50 bits per heavy atom. The van der Waals surface area contributed by atoms with Gasteiger partial charge < -0.3 is 14.7 Å². The van der Waals surface area contributed by atoms with Crippen molar-refractivity contribution in [3.63, 3.8) is 0 Å². The van der Waals surface area contributed by atoms with Gasteiger partial charge in [0, 0.05) is 12.6 Å². The highest BCUT2D eigenvalue weighted by molar-refractivity contribution is 5.85. The fourth-order valence-corrected chi connectivity index (χ4v) is 1.38. The Balaban J connectivity index is 2.14. The minimum absolute atomic E-state index is 0.0343. The van der Waals surface area contributed by atoms with Crippen LogP contribution in [-0.4, -0.2) is 57.8 Å². The van der Waals surface area contributed by atoms with E-state index in [1.54, 1.807) is 12.1 Å². The molecule has 0 bridgehead atoms. The molecule has 1 N–H and O–H groups in total. The topological polar surface area (TPSA) is 80.0 Å². The molecule has 0 radical (unpaired) electrons. The van der Waals surface area contributed by atoms with E-state index >= 15 is 0 Å².